The topological polar surface area (TPSA) is 54.3 Å². The molecule has 0 saturated heterocycles. The zero-order valence-electron chi connectivity index (χ0n) is 9.48. The van der Waals surface area contributed by atoms with Gasteiger partial charge >= 0.3 is 0 Å². The summed E-state index contributed by atoms with van der Waals surface area (Å²) in [5.41, 5.74) is 0. The number of hydrogen-bond donors (Lipinski definition) is 1. The Balaban J connectivity index is 1.88. The molecule has 0 aliphatic heterocycles. The molecule has 2 aromatic heterocycles. The first-order valence-electron chi connectivity index (χ1n) is 5.53. The van der Waals surface area contributed by atoms with Crippen LogP contribution in [0.2, 0.25) is 0 Å². The number of hydrogen-bond acceptors (Lipinski definition) is 3. The van der Waals surface area contributed by atoms with E-state index in [1.165, 1.54) is 6.21 Å². The van der Waals surface area contributed by atoms with Crippen molar-refractivity contribution in [3.05, 3.63) is 48.8 Å². The van der Waals surface area contributed by atoms with E-state index in [1.54, 1.807) is 6.20 Å². The van der Waals surface area contributed by atoms with Crippen molar-refractivity contribution < 1.29 is 9.77 Å². The number of aryl methyl sites for hydroxylation is 2. The van der Waals surface area contributed by atoms with Gasteiger partial charge in [0.25, 0.3) is 0 Å². The fraction of sp³-hybridized carbons (Fsp3) is 0.250. The maximum Gasteiger partial charge on any atom is 0.168 e. The lowest BCUT2D eigenvalue weighted by Crippen LogP contribution is -2.32. The van der Waals surface area contributed by atoms with Gasteiger partial charge < -0.3 is 9.77 Å². The van der Waals surface area contributed by atoms with Crippen LogP contribution in [0, 0.1) is 0 Å². The molecule has 5 nitrogen and oxygen atoms in total. The minimum absolute atomic E-state index is 0.672. The molecule has 2 aromatic rings. The molecule has 5 heteroatoms. The van der Waals surface area contributed by atoms with E-state index in [-0.39, 0.29) is 0 Å². The third kappa shape index (κ3) is 3.14. The van der Waals surface area contributed by atoms with E-state index in [4.69, 9.17) is 5.21 Å². The van der Waals surface area contributed by atoms with Gasteiger partial charge in [-0.25, -0.2) is 9.55 Å². The summed E-state index contributed by atoms with van der Waals surface area (Å²) < 4.78 is 4.10. The van der Waals surface area contributed by atoms with Crippen molar-refractivity contribution in [2.75, 3.05) is 0 Å². The fourth-order valence-electron chi connectivity index (χ4n) is 1.70. The highest BCUT2D eigenvalue weighted by Gasteiger charge is 2.02. The van der Waals surface area contributed by atoms with Crippen molar-refractivity contribution >= 4 is 6.21 Å². The van der Waals surface area contributed by atoms with Crippen LogP contribution in [-0.2, 0) is 13.1 Å². The SMILES string of the molecule is O/N=C\c1nccn1CCC[n+]1ccccc1. The molecule has 88 valence electrons. The van der Waals surface area contributed by atoms with Gasteiger partial charge in [0.1, 0.15) is 12.8 Å². The van der Waals surface area contributed by atoms with Crippen LogP contribution in [0.15, 0.2) is 48.1 Å². The second-order valence-corrected chi connectivity index (χ2v) is 3.69. The van der Waals surface area contributed by atoms with Gasteiger partial charge in [0.05, 0.1) is 0 Å². The van der Waals surface area contributed by atoms with Crippen LogP contribution >= 0.6 is 0 Å². The highest BCUT2D eigenvalue weighted by atomic mass is 16.4. The maximum atomic E-state index is 8.48. The number of pyridine rings is 1. The lowest BCUT2D eigenvalue weighted by molar-refractivity contribution is -0.697. The molecule has 0 aliphatic rings. The summed E-state index contributed by atoms with van der Waals surface area (Å²) in [4.78, 5) is 4.08. The van der Waals surface area contributed by atoms with Crippen LogP contribution in [0.5, 0.6) is 0 Å². The highest BCUT2D eigenvalue weighted by molar-refractivity contribution is 5.74. The van der Waals surface area contributed by atoms with E-state index in [2.05, 4.69) is 14.7 Å². The van der Waals surface area contributed by atoms with Crippen molar-refractivity contribution in [2.45, 2.75) is 19.5 Å². The van der Waals surface area contributed by atoms with Gasteiger partial charge in [-0.05, 0) is 0 Å². The van der Waals surface area contributed by atoms with Gasteiger partial charge in [-0.2, -0.15) is 0 Å². The third-order valence-electron chi connectivity index (χ3n) is 2.51. The monoisotopic (exact) mass is 231 g/mol. The Morgan fingerprint density at radius 3 is 2.94 bits per heavy atom. The molecule has 1 N–H and O–H groups in total. The third-order valence-corrected chi connectivity index (χ3v) is 2.51. The lowest BCUT2D eigenvalue weighted by atomic mass is 10.4. The smallest absolute Gasteiger partial charge is 0.168 e. The van der Waals surface area contributed by atoms with E-state index in [9.17, 15) is 0 Å². The van der Waals surface area contributed by atoms with Gasteiger partial charge in [0.2, 0.25) is 0 Å². The summed E-state index contributed by atoms with van der Waals surface area (Å²) in [5.74, 6) is 0.672. The standard InChI is InChI=1S/C12H14N4O/c17-14-11-12-13-5-10-16(12)9-4-8-15-6-2-1-3-7-15/h1-3,5-7,10-11H,4,8-9H2/p+1/b14-11-. The van der Waals surface area contributed by atoms with Gasteiger partial charge in [-0.1, -0.05) is 11.2 Å². The number of imidazole rings is 1. The molecule has 0 unspecified atom stereocenters. The Morgan fingerprint density at radius 1 is 1.35 bits per heavy atom. The summed E-state index contributed by atoms with van der Waals surface area (Å²) in [6.45, 7) is 1.80. The summed E-state index contributed by atoms with van der Waals surface area (Å²) in [5, 5.41) is 11.5. The average Bonchev–Trinajstić information content (AvgIpc) is 2.79. The minimum Gasteiger partial charge on any atom is -0.411 e. The maximum absolute atomic E-state index is 8.48. The molecule has 0 bridgehead atoms. The molecule has 0 spiro atoms. The van der Waals surface area contributed by atoms with Crippen LogP contribution < -0.4 is 4.57 Å². The van der Waals surface area contributed by atoms with Gasteiger partial charge in [0, 0.05) is 37.5 Å². The summed E-state index contributed by atoms with van der Waals surface area (Å²) in [6, 6.07) is 6.03. The number of oxime groups is 1. The number of aromatic nitrogens is 3. The second-order valence-electron chi connectivity index (χ2n) is 3.69. The zero-order valence-corrected chi connectivity index (χ0v) is 9.48. The molecule has 2 rings (SSSR count). The van der Waals surface area contributed by atoms with Crippen LogP contribution in [0.3, 0.4) is 0 Å². The van der Waals surface area contributed by atoms with Crippen LogP contribution in [0.4, 0.5) is 0 Å². The highest BCUT2D eigenvalue weighted by Crippen LogP contribution is 1.97. The van der Waals surface area contributed by atoms with Crippen molar-refractivity contribution in [2.24, 2.45) is 5.16 Å². The van der Waals surface area contributed by atoms with E-state index in [0.717, 1.165) is 19.5 Å². The molecule has 2 heterocycles. The number of rotatable bonds is 5. The Bertz CT molecular complexity index is 478. The molecule has 0 fully saturated rings. The van der Waals surface area contributed by atoms with Crippen LogP contribution in [0.25, 0.3) is 0 Å². The first-order chi connectivity index (χ1) is 8.40. The molecule has 0 radical (unpaired) electrons. The van der Waals surface area contributed by atoms with E-state index in [1.807, 2.05) is 41.4 Å². The van der Waals surface area contributed by atoms with E-state index in [0.29, 0.717) is 5.82 Å². The molecular weight excluding hydrogens is 216 g/mol. The normalized spacial score (nSPS) is 11.1. The van der Waals surface area contributed by atoms with Crippen molar-refractivity contribution in [3.63, 3.8) is 0 Å². The Kier molecular flexibility index (Phi) is 3.85. The summed E-state index contributed by atoms with van der Waals surface area (Å²) >= 11 is 0. The Hall–Kier alpha value is -2.17. The Morgan fingerprint density at radius 2 is 2.18 bits per heavy atom. The molecule has 0 atom stereocenters. The molecule has 0 aromatic carbocycles. The first-order valence-corrected chi connectivity index (χ1v) is 5.53. The largest absolute Gasteiger partial charge is 0.411 e. The quantitative estimate of drug-likeness (QED) is 0.362. The van der Waals surface area contributed by atoms with Gasteiger partial charge in [-0.15, -0.1) is 0 Å². The van der Waals surface area contributed by atoms with Gasteiger partial charge in [-0.3, -0.25) is 0 Å². The van der Waals surface area contributed by atoms with Crippen molar-refractivity contribution in [1.29, 1.82) is 0 Å². The van der Waals surface area contributed by atoms with Crippen molar-refractivity contribution in [1.82, 2.24) is 9.55 Å². The van der Waals surface area contributed by atoms with Crippen LogP contribution in [-0.4, -0.2) is 21.0 Å². The van der Waals surface area contributed by atoms with Crippen molar-refractivity contribution in [3.8, 4) is 0 Å². The molecule has 0 amide bonds. The summed E-state index contributed by atoms with van der Waals surface area (Å²) in [7, 11) is 0. The first kappa shape index (κ1) is 11.3. The molecular formula is C12H15N4O+. The second kappa shape index (κ2) is 5.79. The molecule has 17 heavy (non-hydrogen) atoms. The number of nitrogens with zero attached hydrogens (tertiary/aromatic N) is 4. The molecule has 0 saturated carbocycles. The van der Waals surface area contributed by atoms with Crippen LogP contribution in [0.1, 0.15) is 12.2 Å². The van der Waals surface area contributed by atoms with E-state index >= 15 is 0 Å². The zero-order chi connectivity index (χ0) is 11.9. The lowest BCUT2D eigenvalue weighted by Gasteiger charge is -2.02. The minimum atomic E-state index is 0.672. The predicted octanol–water partition coefficient (Wildman–Crippen LogP) is 1.07. The fourth-order valence-corrected chi connectivity index (χ4v) is 1.70. The van der Waals surface area contributed by atoms with Gasteiger partial charge in [0.15, 0.2) is 18.2 Å². The molecule has 0 aliphatic carbocycles. The summed E-state index contributed by atoms with van der Waals surface area (Å²) in [6.07, 6.45) is 10.0. The van der Waals surface area contributed by atoms with E-state index < -0.39 is 0 Å². The average molecular weight is 231 g/mol. The Labute approximate surface area is 99.7 Å². The predicted molar refractivity (Wildman–Crippen MR) is 62.9 cm³/mol.